The third-order valence-corrected chi connectivity index (χ3v) is 7.80. The number of sulfonamides is 1. The van der Waals surface area contributed by atoms with Gasteiger partial charge in [0.15, 0.2) is 0 Å². The molecule has 0 unspecified atom stereocenters. The van der Waals surface area contributed by atoms with Crippen molar-refractivity contribution < 1.29 is 13.2 Å². The molecule has 1 amide bonds. The van der Waals surface area contributed by atoms with Gasteiger partial charge in [0, 0.05) is 31.2 Å². The van der Waals surface area contributed by atoms with Crippen LogP contribution in [0.4, 0.5) is 5.69 Å². The number of hydrogen-bond acceptors (Lipinski definition) is 3. The Hall–Kier alpha value is -2.18. The lowest BCUT2D eigenvalue weighted by molar-refractivity contribution is -0.123. The number of nitrogens with zero attached hydrogens (tertiary/aromatic N) is 2. The maximum absolute atomic E-state index is 13.2. The Morgan fingerprint density at radius 3 is 2.28 bits per heavy atom. The van der Waals surface area contributed by atoms with Crippen molar-refractivity contribution >= 4 is 21.6 Å². The first-order valence-corrected chi connectivity index (χ1v) is 11.6. The van der Waals surface area contributed by atoms with Crippen molar-refractivity contribution in [1.29, 1.82) is 0 Å². The molecule has 29 heavy (non-hydrogen) atoms. The maximum atomic E-state index is 13.2. The molecule has 0 atom stereocenters. The Kier molecular flexibility index (Phi) is 6.44. The second-order valence-corrected chi connectivity index (χ2v) is 9.72. The number of carbonyl (C=O) groups is 1. The normalized spacial score (nSPS) is 16.0. The van der Waals surface area contributed by atoms with Crippen molar-refractivity contribution in [3.63, 3.8) is 0 Å². The van der Waals surface area contributed by atoms with Crippen molar-refractivity contribution in [2.75, 3.05) is 24.5 Å². The molecule has 0 bridgehead atoms. The van der Waals surface area contributed by atoms with Crippen LogP contribution in [0.3, 0.4) is 0 Å². The fraction of sp³-hybridized carbons (Fsp3) is 0.435. The Morgan fingerprint density at radius 2 is 1.69 bits per heavy atom. The number of carbonyl (C=O) groups excluding carboxylic acids is 1. The van der Waals surface area contributed by atoms with Crippen molar-refractivity contribution in [3.8, 4) is 0 Å². The van der Waals surface area contributed by atoms with Crippen LogP contribution in [0.1, 0.15) is 36.5 Å². The number of para-hydroxylation sites is 1. The van der Waals surface area contributed by atoms with Gasteiger partial charge in [0.05, 0.1) is 4.90 Å². The minimum Gasteiger partial charge on any atom is -0.312 e. The summed E-state index contributed by atoms with van der Waals surface area (Å²) in [4.78, 5) is 15.3. The molecule has 5 nitrogen and oxygen atoms in total. The summed E-state index contributed by atoms with van der Waals surface area (Å²) in [5, 5.41) is 0. The van der Waals surface area contributed by atoms with Crippen LogP contribution in [0.25, 0.3) is 0 Å². The molecule has 2 aromatic carbocycles. The van der Waals surface area contributed by atoms with Gasteiger partial charge in [-0.1, -0.05) is 35.9 Å². The Morgan fingerprint density at radius 1 is 1.03 bits per heavy atom. The number of amides is 1. The summed E-state index contributed by atoms with van der Waals surface area (Å²) in [5.74, 6) is -0.0644. The molecule has 0 aliphatic carbocycles. The highest BCUT2D eigenvalue weighted by atomic mass is 32.2. The highest BCUT2D eigenvalue weighted by molar-refractivity contribution is 7.89. The summed E-state index contributed by atoms with van der Waals surface area (Å²) in [6, 6.07) is 13.3. The zero-order valence-electron chi connectivity index (χ0n) is 17.7. The molecule has 1 saturated heterocycles. The lowest BCUT2D eigenvalue weighted by atomic mass is 9.96. The Bertz CT molecular complexity index is 993. The van der Waals surface area contributed by atoms with Crippen LogP contribution < -0.4 is 4.90 Å². The number of anilines is 1. The zero-order valence-corrected chi connectivity index (χ0v) is 18.5. The topological polar surface area (TPSA) is 57.7 Å². The molecule has 1 aliphatic heterocycles. The van der Waals surface area contributed by atoms with Crippen molar-refractivity contribution in [3.05, 3.63) is 59.2 Å². The van der Waals surface area contributed by atoms with E-state index < -0.39 is 10.0 Å². The van der Waals surface area contributed by atoms with Crippen LogP contribution >= 0.6 is 0 Å². The van der Waals surface area contributed by atoms with Crippen LogP contribution in [-0.4, -0.2) is 38.3 Å². The standard InChI is InChI=1S/C23H30N2O3S/c1-5-25(21-9-7-6-8-18(21)3)23(26)20-12-14-24(15-13-20)29(27,28)22-11-10-17(2)16-19(22)4/h6-11,16,20H,5,12-15H2,1-4H3. The third kappa shape index (κ3) is 4.38. The van der Waals surface area contributed by atoms with Crippen LogP contribution in [-0.2, 0) is 14.8 Å². The molecule has 0 aromatic heterocycles. The van der Waals surface area contributed by atoms with E-state index in [1.165, 1.54) is 4.31 Å². The second-order valence-electron chi connectivity index (χ2n) is 7.82. The molecule has 0 N–H and O–H groups in total. The fourth-order valence-electron chi connectivity index (χ4n) is 4.10. The summed E-state index contributed by atoms with van der Waals surface area (Å²) in [5.41, 5.74) is 3.81. The molecule has 156 valence electrons. The van der Waals surface area contributed by atoms with E-state index in [0.29, 0.717) is 37.4 Å². The number of benzene rings is 2. The van der Waals surface area contributed by atoms with Gasteiger partial charge in [-0.2, -0.15) is 4.31 Å². The van der Waals surface area contributed by atoms with Gasteiger partial charge in [0.25, 0.3) is 0 Å². The van der Waals surface area contributed by atoms with Crippen LogP contribution in [0.15, 0.2) is 47.4 Å². The number of aryl methyl sites for hydroxylation is 3. The van der Waals surface area contributed by atoms with E-state index in [1.807, 2.05) is 69.0 Å². The molecule has 0 radical (unpaired) electrons. The first-order valence-electron chi connectivity index (χ1n) is 10.2. The largest absolute Gasteiger partial charge is 0.312 e. The van der Waals surface area contributed by atoms with E-state index >= 15 is 0 Å². The van der Waals surface area contributed by atoms with Crippen LogP contribution in [0, 0.1) is 26.7 Å². The number of piperidine rings is 1. The summed E-state index contributed by atoms with van der Waals surface area (Å²) in [7, 11) is -3.53. The van der Waals surface area contributed by atoms with Gasteiger partial charge >= 0.3 is 0 Å². The van der Waals surface area contributed by atoms with E-state index in [1.54, 1.807) is 6.07 Å². The van der Waals surface area contributed by atoms with E-state index in [4.69, 9.17) is 0 Å². The quantitative estimate of drug-likeness (QED) is 0.741. The molecular weight excluding hydrogens is 384 g/mol. The predicted octanol–water partition coefficient (Wildman–Crippen LogP) is 4.07. The zero-order chi connectivity index (χ0) is 21.2. The van der Waals surface area contributed by atoms with Gasteiger partial charge in [-0.05, 0) is 63.8 Å². The van der Waals surface area contributed by atoms with E-state index in [0.717, 1.165) is 22.4 Å². The minimum absolute atomic E-state index is 0.0883. The number of hydrogen-bond donors (Lipinski definition) is 0. The summed E-state index contributed by atoms with van der Waals surface area (Å²) < 4.78 is 27.7. The molecule has 0 saturated carbocycles. The van der Waals surface area contributed by atoms with E-state index in [-0.39, 0.29) is 11.8 Å². The molecule has 2 aromatic rings. The summed E-state index contributed by atoms with van der Waals surface area (Å²) in [6.45, 7) is 9.11. The molecule has 1 fully saturated rings. The highest BCUT2D eigenvalue weighted by Crippen LogP contribution is 2.29. The third-order valence-electron chi connectivity index (χ3n) is 5.74. The molecule has 3 rings (SSSR count). The molecule has 6 heteroatoms. The summed E-state index contributed by atoms with van der Waals surface area (Å²) >= 11 is 0. The van der Waals surface area contributed by atoms with Crippen LogP contribution in [0.5, 0.6) is 0 Å². The fourth-order valence-corrected chi connectivity index (χ4v) is 5.78. The highest BCUT2D eigenvalue weighted by Gasteiger charge is 2.34. The van der Waals surface area contributed by atoms with Crippen LogP contribution in [0.2, 0.25) is 0 Å². The van der Waals surface area contributed by atoms with Crippen molar-refractivity contribution in [2.24, 2.45) is 5.92 Å². The van der Waals surface area contributed by atoms with Gasteiger partial charge in [0.1, 0.15) is 0 Å². The van der Waals surface area contributed by atoms with E-state index in [2.05, 4.69) is 0 Å². The number of rotatable bonds is 5. The lowest BCUT2D eigenvalue weighted by Gasteiger charge is -2.34. The summed E-state index contributed by atoms with van der Waals surface area (Å²) in [6.07, 6.45) is 1.09. The average molecular weight is 415 g/mol. The monoisotopic (exact) mass is 414 g/mol. The molecule has 0 spiro atoms. The second kappa shape index (κ2) is 8.67. The van der Waals surface area contributed by atoms with Gasteiger partial charge in [0.2, 0.25) is 15.9 Å². The average Bonchev–Trinajstić information content (AvgIpc) is 2.69. The minimum atomic E-state index is -3.53. The van der Waals surface area contributed by atoms with Gasteiger partial charge in [-0.15, -0.1) is 0 Å². The van der Waals surface area contributed by atoms with Crippen molar-refractivity contribution in [1.82, 2.24) is 4.31 Å². The predicted molar refractivity (Wildman–Crippen MR) is 117 cm³/mol. The van der Waals surface area contributed by atoms with Gasteiger partial charge in [-0.3, -0.25) is 4.79 Å². The molecule has 1 heterocycles. The Labute approximate surface area is 174 Å². The Balaban J connectivity index is 1.72. The smallest absolute Gasteiger partial charge is 0.243 e. The first kappa shape index (κ1) is 21.5. The molecular formula is C23H30N2O3S. The lowest BCUT2D eigenvalue weighted by Crippen LogP contribution is -2.44. The van der Waals surface area contributed by atoms with Crippen molar-refractivity contribution in [2.45, 2.75) is 45.4 Å². The first-order chi connectivity index (χ1) is 13.8. The maximum Gasteiger partial charge on any atom is 0.243 e. The SMILES string of the molecule is CCN(C(=O)C1CCN(S(=O)(=O)c2ccc(C)cc2C)CC1)c1ccccc1C. The van der Waals surface area contributed by atoms with Gasteiger partial charge in [-0.25, -0.2) is 8.42 Å². The molecule has 1 aliphatic rings. The van der Waals surface area contributed by atoms with E-state index in [9.17, 15) is 13.2 Å². The van der Waals surface area contributed by atoms with Gasteiger partial charge < -0.3 is 4.90 Å².